The summed E-state index contributed by atoms with van der Waals surface area (Å²) in [4.78, 5) is 4.29. The van der Waals surface area contributed by atoms with Crippen LogP contribution in [0.1, 0.15) is 0 Å². The van der Waals surface area contributed by atoms with E-state index in [1.807, 2.05) is 18.2 Å². The Labute approximate surface area is 159 Å². The van der Waals surface area contributed by atoms with Gasteiger partial charge in [0.05, 0.1) is 14.5 Å². The van der Waals surface area contributed by atoms with E-state index in [-0.39, 0.29) is 9.34 Å². The van der Waals surface area contributed by atoms with Gasteiger partial charge < -0.3 is 0 Å². The molecule has 1 aromatic carbocycles. The van der Waals surface area contributed by atoms with Crippen molar-refractivity contribution >= 4 is 77.0 Å². The molecule has 0 radical (unpaired) electrons. The normalized spacial score (nSPS) is 11.6. The molecule has 3 rings (SSSR count). The fourth-order valence-electron chi connectivity index (χ4n) is 1.78. The number of hydrogen-bond acceptors (Lipinski definition) is 5. The Hall–Kier alpha value is -0.640. The highest BCUT2D eigenvalue weighted by Gasteiger charge is 2.22. The summed E-state index contributed by atoms with van der Waals surface area (Å²) in [6.07, 6.45) is 0. The summed E-state index contributed by atoms with van der Waals surface area (Å²) in [5.74, 6) is 0. The molecule has 0 aliphatic carbocycles. The molecule has 2 aromatic heterocycles. The van der Waals surface area contributed by atoms with Crippen LogP contribution in [0.25, 0.3) is 11.3 Å². The number of halogens is 3. The van der Waals surface area contributed by atoms with Gasteiger partial charge in [-0.25, -0.2) is 13.4 Å². The second-order valence-corrected chi connectivity index (χ2v) is 9.99. The van der Waals surface area contributed by atoms with Crippen LogP contribution in [-0.4, -0.2) is 13.4 Å². The molecular weight excluding hydrogens is 463 g/mol. The minimum Gasteiger partial charge on any atom is -0.254 e. The SMILES string of the molecule is O=S(=O)(Nc1nc(-c2ccccc2Cl)cs1)c1sc(Cl)cc1Br. The molecule has 23 heavy (non-hydrogen) atoms. The molecule has 4 nitrogen and oxygen atoms in total. The third-order valence-corrected chi connectivity index (χ3v) is 8.25. The van der Waals surface area contributed by atoms with Gasteiger partial charge in [-0.05, 0) is 28.1 Å². The first-order chi connectivity index (χ1) is 10.9. The molecule has 0 amide bonds. The predicted molar refractivity (Wildman–Crippen MR) is 100 cm³/mol. The average molecular weight is 470 g/mol. The van der Waals surface area contributed by atoms with E-state index in [1.54, 1.807) is 11.4 Å². The maximum atomic E-state index is 12.4. The van der Waals surface area contributed by atoms with Crippen molar-refractivity contribution in [3.8, 4) is 11.3 Å². The van der Waals surface area contributed by atoms with Crippen LogP contribution in [0.3, 0.4) is 0 Å². The van der Waals surface area contributed by atoms with E-state index in [0.717, 1.165) is 16.9 Å². The fraction of sp³-hybridized carbons (Fsp3) is 0. The molecule has 0 aliphatic heterocycles. The first-order valence-electron chi connectivity index (χ1n) is 6.05. The molecule has 0 spiro atoms. The summed E-state index contributed by atoms with van der Waals surface area (Å²) < 4.78 is 28.2. The van der Waals surface area contributed by atoms with Crippen LogP contribution in [0.4, 0.5) is 5.13 Å². The monoisotopic (exact) mass is 468 g/mol. The van der Waals surface area contributed by atoms with E-state index in [4.69, 9.17) is 23.2 Å². The maximum absolute atomic E-state index is 12.4. The minimum atomic E-state index is -3.75. The molecule has 2 heterocycles. The van der Waals surface area contributed by atoms with Crippen molar-refractivity contribution in [3.05, 3.63) is 49.5 Å². The molecule has 0 fully saturated rings. The zero-order chi connectivity index (χ0) is 16.6. The van der Waals surface area contributed by atoms with E-state index in [9.17, 15) is 8.42 Å². The number of benzene rings is 1. The summed E-state index contributed by atoms with van der Waals surface area (Å²) in [5.41, 5.74) is 1.36. The van der Waals surface area contributed by atoms with E-state index in [1.165, 1.54) is 17.4 Å². The average Bonchev–Trinajstić information content (AvgIpc) is 3.05. The van der Waals surface area contributed by atoms with E-state index in [0.29, 0.717) is 19.5 Å². The number of nitrogens with zero attached hydrogens (tertiary/aromatic N) is 1. The Morgan fingerprint density at radius 3 is 2.61 bits per heavy atom. The van der Waals surface area contributed by atoms with Gasteiger partial charge in [0.1, 0.15) is 0 Å². The third kappa shape index (κ3) is 3.72. The molecule has 0 atom stereocenters. The van der Waals surface area contributed by atoms with Gasteiger partial charge in [0, 0.05) is 16.0 Å². The Morgan fingerprint density at radius 1 is 1.22 bits per heavy atom. The second-order valence-electron chi connectivity index (χ2n) is 4.31. The first kappa shape index (κ1) is 17.2. The molecule has 0 saturated carbocycles. The number of aromatic nitrogens is 1. The van der Waals surface area contributed by atoms with Crippen molar-refractivity contribution < 1.29 is 8.42 Å². The van der Waals surface area contributed by atoms with Gasteiger partial charge in [-0.15, -0.1) is 22.7 Å². The van der Waals surface area contributed by atoms with Gasteiger partial charge in [0.25, 0.3) is 10.0 Å². The summed E-state index contributed by atoms with van der Waals surface area (Å²) in [7, 11) is -3.75. The largest absolute Gasteiger partial charge is 0.274 e. The van der Waals surface area contributed by atoms with Gasteiger partial charge in [-0.3, -0.25) is 4.72 Å². The standard InChI is InChI=1S/C13H7BrCl2N2O2S3/c14-8-5-11(16)22-12(8)23(19,20)18-13-17-10(6-21-13)7-3-1-2-4-9(7)15/h1-6H,(H,17,18). The molecule has 10 heteroatoms. The summed E-state index contributed by atoms with van der Waals surface area (Å²) in [6, 6.07) is 8.78. The van der Waals surface area contributed by atoms with Crippen LogP contribution in [-0.2, 0) is 10.0 Å². The lowest BCUT2D eigenvalue weighted by molar-refractivity contribution is 0.603. The topological polar surface area (TPSA) is 59.1 Å². The smallest absolute Gasteiger partial charge is 0.254 e. The molecule has 120 valence electrons. The number of sulfonamides is 1. The van der Waals surface area contributed by atoms with E-state index >= 15 is 0 Å². The van der Waals surface area contributed by atoms with Crippen molar-refractivity contribution in [2.75, 3.05) is 4.72 Å². The lowest BCUT2D eigenvalue weighted by Crippen LogP contribution is -2.11. The highest BCUT2D eigenvalue weighted by Crippen LogP contribution is 2.36. The molecule has 0 bridgehead atoms. The molecule has 0 saturated heterocycles. The van der Waals surface area contributed by atoms with Gasteiger partial charge in [0.2, 0.25) is 0 Å². The highest BCUT2D eigenvalue weighted by atomic mass is 79.9. The highest BCUT2D eigenvalue weighted by molar-refractivity contribution is 9.10. The fourth-order valence-corrected chi connectivity index (χ4v) is 6.99. The van der Waals surface area contributed by atoms with Gasteiger partial charge >= 0.3 is 0 Å². The molecule has 0 unspecified atom stereocenters. The van der Waals surface area contributed by atoms with Gasteiger partial charge in [-0.2, -0.15) is 0 Å². The molecular formula is C13H7BrCl2N2O2S3. The summed E-state index contributed by atoms with van der Waals surface area (Å²) in [5, 5.41) is 2.56. The third-order valence-electron chi connectivity index (χ3n) is 2.75. The second kappa shape index (κ2) is 6.70. The predicted octanol–water partition coefficient (Wildman–Crippen LogP) is 5.74. The zero-order valence-electron chi connectivity index (χ0n) is 11.1. The quantitative estimate of drug-likeness (QED) is 0.529. The zero-order valence-corrected chi connectivity index (χ0v) is 16.6. The van der Waals surface area contributed by atoms with Crippen LogP contribution < -0.4 is 4.72 Å². The maximum Gasteiger partial charge on any atom is 0.274 e. The number of nitrogens with one attached hydrogen (secondary N) is 1. The first-order valence-corrected chi connectivity index (χ1v) is 10.8. The van der Waals surface area contributed by atoms with Crippen LogP contribution in [0.15, 0.2) is 44.4 Å². The van der Waals surface area contributed by atoms with Crippen LogP contribution >= 0.6 is 61.8 Å². The number of thiophene rings is 1. The van der Waals surface area contributed by atoms with E-state index in [2.05, 4.69) is 25.6 Å². The van der Waals surface area contributed by atoms with Gasteiger partial charge in [-0.1, -0.05) is 41.4 Å². The Balaban J connectivity index is 1.90. The van der Waals surface area contributed by atoms with Crippen molar-refractivity contribution in [1.82, 2.24) is 4.98 Å². The summed E-state index contributed by atoms with van der Waals surface area (Å²) >= 11 is 17.3. The molecule has 3 aromatic rings. The lowest BCUT2D eigenvalue weighted by Gasteiger charge is -2.03. The van der Waals surface area contributed by atoms with Gasteiger partial charge in [0.15, 0.2) is 9.34 Å². The minimum absolute atomic E-state index is 0.108. The van der Waals surface area contributed by atoms with Crippen LogP contribution in [0, 0.1) is 0 Å². The van der Waals surface area contributed by atoms with Crippen molar-refractivity contribution in [2.45, 2.75) is 4.21 Å². The number of rotatable bonds is 4. The van der Waals surface area contributed by atoms with Crippen LogP contribution in [0.5, 0.6) is 0 Å². The van der Waals surface area contributed by atoms with Crippen LogP contribution in [0.2, 0.25) is 9.36 Å². The van der Waals surface area contributed by atoms with E-state index < -0.39 is 10.0 Å². The number of thiazole rings is 1. The number of hydrogen-bond donors (Lipinski definition) is 1. The van der Waals surface area contributed by atoms with Crippen molar-refractivity contribution in [3.63, 3.8) is 0 Å². The summed E-state index contributed by atoms with van der Waals surface area (Å²) in [6.45, 7) is 0. The van der Waals surface area contributed by atoms with Crippen molar-refractivity contribution in [2.24, 2.45) is 0 Å². The Kier molecular flexibility index (Phi) is 5.01. The number of anilines is 1. The van der Waals surface area contributed by atoms with Crippen molar-refractivity contribution in [1.29, 1.82) is 0 Å². The Bertz CT molecular complexity index is 969. The molecule has 1 N–H and O–H groups in total. The Morgan fingerprint density at radius 2 is 1.96 bits per heavy atom. The lowest BCUT2D eigenvalue weighted by atomic mass is 10.2. The molecule has 0 aliphatic rings.